The lowest BCUT2D eigenvalue weighted by atomic mass is 9.98. The Morgan fingerprint density at radius 1 is 1.47 bits per heavy atom. The van der Waals surface area contributed by atoms with Crippen molar-refractivity contribution in [3.8, 4) is 0 Å². The molecule has 0 aromatic carbocycles. The van der Waals surface area contributed by atoms with Crippen molar-refractivity contribution in [2.75, 3.05) is 0 Å². The number of nitrogens with one attached hydrogen (secondary N) is 1. The van der Waals surface area contributed by atoms with Gasteiger partial charge >= 0.3 is 0 Å². The van der Waals surface area contributed by atoms with Crippen LogP contribution in [-0.4, -0.2) is 32.3 Å². The minimum Gasteiger partial charge on any atom is -0.505 e. The van der Waals surface area contributed by atoms with Crippen molar-refractivity contribution in [3.63, 3.8) is 0 Å². The Balaban J connectivity index is 2.56. The number of carbonyl (C=O) groups excluding carboxylic acids is 1. The summed E-state index contributed by atoms with van der Waals surface area (Å²) < 4.78 is 0. The highest BCUT2D eigenvalue weighted by molar-refractivity contribution is 8.04. The van der Waals surface area contributed by atoms with Crippen molar-refractivity contribution in [2.45, 2.75) is 11.2 Å². The Labute approximate surface area is 88.4 Å². The Morgan fingerprint density at radius 3 is 2.67 bits per heavy atom. The summed E-state index contributed by atoms with van der Waals surface area (Å²) >= 11 is 0.917. The molecule has 82 valence electrons. The van der Waals surface area contributed by atoms with Gasteiger partial charge in [-0.15, -0.1) is 0 Å². The fourth-order valence-electron chi connectivity index (χ4n) is 1.35. The average Bonchev–Trinajstić information content (AvgIpc) is 2.55. The normalized spacial score (nSPS) is 35.7. The molecule has 0 saturated heterocycles. The SMILES string of the molecule is NC1NC2=C(S1)C(=O)[C@@](N)(O)C(O)=C2O. The van der Waals surface area contributed by atoms with Crippen LogP contribution in [0, 0.1) is 0 Å². The monoisotopic (exact) mass is 231 g/mol. The van der Waals surface area contributed by atoms with Crippen LogP contribution in [0.4, 0.5) is 0 Å². The van der Waals surface area contributed by atoms with Crippen molar-refractivity contribution < 1.29 is 20.1 Å². The molecule has 2 aliphatic rings. The molecule has 2 rings (SSSR count). The summed E-state index contributed by atoms with van der Waals surface area (Å²) in [5, 5.41) is 30.8. The molecule has 8 N–H and O–H groups in total. The van der Waals surface area contributed by atoms with Crippen molar-refractivity contribution in [3.05, 3.63) is 22.1 Å². The van der Waals surface area contributed by atoms with Crippen molar-refractivity contribution in [1.82, 2.24) is 5.32 Å². The van der Waals surface area contributed by atoms with E-state index >= 15 is 0 Å². The molecule has 0 radical (unpaired) electrons. The maximum atomic E-state index is 11.6. The number of rotatable bonds is 0. The molecule has 15 heavy (non-hydrogen) atoms. The van der Waals surface area contributed by atoms with Crippen LogP contribution in [-0.2, 0) is 4.79 Å². The summed E-state index contributed by atoms with van der Waals surface area (Å²) in [6.07, 6.45) is 0. The predicted molar refractivity (Wildman–Crippen MR) is 52.2 cm³/mol. The van der Waals surface area contributed by atoms with Crippen molar-refractivity contribution in [2.24, 2.45) is 11.5 Å². The van der Waals surface area contributed by atoms with Gasteiger partial charge in [-0.3, -0.25) is 10.5 Å². The number of Topliss-reactive ketones (excluding diaryl/α,β-unsaturated/α-hetero) is 1. The lowest BCUT2D eigenvalue weighted by molar-refractivity contribution is -0.132. The highest BCUT2D eigenvalue weighted by Gasteiger charge is 2.49. The third kappa shape index (κ3) is 1.23. The second kappa shape index (κ2) is 2.89. The van der Waals surface area contributed by atoms with Crippen molar-refractivity contribution >= 4 is 17.5 Å². The van der Waals surface area contributed by atoms with E-state index in [0.717, 1.165) is 11.8 Å². The molecule has 0 amide bonds. The first-order chi connectivity index (χ1) is 6.85. The van der Waals surface area contributed by atoms with Gasteiger partial charge in [0.1, 0.15) is 5.50 Å². The molecule has 1 heterocycles. The van der Waals surface area contributed by atoms with Crippen LogP contribution in [0.5, 0.6) is 0 Å². The maximum absolute atomic E-state index is 11.6. The van der Waals surface area contributed by atoms with E-state index < -0.39 is 28.5 Å². The number of thioether (sulfide) groups is 1. The van der Waals surface area contributed by atoms with Crippen LogP contribution in [0.2, 0.25) is 0 Å². The van der Waals surface area contributed by atoms with Gasteiger partial charge in [-0.2, -0.15) is 0 Å². The zero-order chi connectivity index (χ0) is 11.4. The standard InChI is InChI=1S/C7H9N3O4S/c8-6-10-1-2(11)4(12)7(9,14)5(13)3(1)15-6/h6,10-12,14H,8-9H2/t6?,7-/m0/s1. The van der Waals surface area contributed by atoms with E-state index in [1.807, 2.05) is 0 Å². The van der Waals surface area contributed by atoms with Crippen LogP contribution in [0.3, 0.4) is 0 Å². The second-order valence-corrected chi connectivity index (χ2v) is 4.33. The number of hydrogen-bond donors (Lipinski definition) is 6. The van der Waals surface area contributed by atoms with Gasteiger partial charge in [0.2, 0.25) is 11.5 Å². The molecular formula is C7H9N3O4S. The van der Waals surface area contributed by atoms with Crippen LogP contribution in [0.1, 0.15) is 0 Å². The molecular weight excluding hydrogens is 222 g/mol. The third-order valence-corrected chi connectivity index (χ3v) is 3.13. The lowest BCUT2D eigenvalue weighted by Crippen LogP contribution is -2.52. The second-order valence-electron chi connectivity index (χ2n) is 3.18. The Hall–Kier alpha value is -1.22. The fourth-order valence-corrected chi connectivity index (χ4v) is 2.31. The zero-order valence-corrected chi connectivity index (χ0v) is 8.21. The molecule has 0 aromatic rings. The van der Waals surface area contributed by atoms with Gasteiger partial charge in [-0.05, 0) is 0 Å². The molecule has 1 aliphatic carbocycles. The molecule has 2 atom stereocenters. The van der Waals surface area contributed by atoms with Gasteiger partial charge in [0.15, 0.2) is 11.5 Å². The van der Waals surface area contributed by atoms with Crippen LogP contribution in [0.25, 0.3) is 0 Å². The molecule has 1 unspecified atom stereocenters. The summed E-state index contributed by atoms with van der Waals surface area (Å²) in [6, 6.07) is 0. The number of hydrogen-bond acceptors (Lipinski definition) is 8. The van der Waals surface area contributed by atoms with Gasteiger partial charge in [0, 0.05) is 0 Å². The molecule has 0 spiro atoms. The van der Waals surface area contributed by atoms with Gasteiger partial charge in [-0.1, -0.05) is 11.8 Å². The van der Waals surface area contributed by atoms with E-state index in [1.165, 1.54) is 0 Å². The van der Waals surface area contributed by atoms with Gasteiger partial charge in [-0.25, -0.2) is 0 Å². The summed E-state index contributed by atoms with van der Waals surface area (Å²) in [6.45, 7) is 0. The molecule has 0 aromatic heterocycles. The van der Waals surface area contributed by atoms with Crippen LogP contribution >= 0.6 is 11.8 Å². The number of nitrogens with two attached hydrogens (primary N) is 2. The molecule has 0 fully saturated rings. The minimum atomic E-state index is -2.58. The quantitative estimate of drug-likeness (QED) is 0.272. The molecule has 8 heteroatoms. The molecule has 7 nitrogen and oxygen atoms in total. The zero-order valence-electron chi connectivity index (χ0n) is 7.39. The van der Waals surface area contributed by atoms with Crippen LogP contribution in [0.15, 0.2) is 22.1 Å². The van der Waals surface area contributed by atoms with Gasteiger partial charge < -0.3 is 26.4 Å². The van der Waals surface area contributed by atoms with Crippen molar-refractivity contribution in [1.29, 1.82) is 0 Å². The smallest absolute Gasteiger partial charge is 0.241 e. The van der Waals surface area contributed by atoms with E-state index in [1.54, 1.807) is 0 Å². The highest BCUT2D eigenvalue weighted by Crippen LogP contribution is 2.39. The Kier molecular flexibility index (Phi) is 1.98. The third-order valence-electron chi connectivity index (χ3n) is 2.13. The summed E-state index contributed by atoms with van der Waals surface area (Å²) in [4.78, 5) is 11.6. The van der Waals surface area contributed by atoms with E-state index in [2.05, 4.69) is 5.32 Å². The number of aliphatic hydroxyl groups is 3. The molecule has 0 saturated carbocycles. The summed E-state index contributed by atoms with van der Waals surface area (Å²) in [7, 11) is 0. The van der Waals surface area contributed by atoms with E-state index in [-0.39, 0.29) is 10.6 Å². The Morgan fingerprint density at radius 2 is 2.07 bits per heavy atom. The first kappa shape index (κ1) is 10.3. The van der Waals surface area contributed by atoms with Gasteiger partial charge in [0.25, 0.3) is 0 Å². The lowest BCUT2D eigenvalue weighted by Gasteiger charge is -2.25. The summed E-state index contributed by atoms with van der Waals surface area (Å²) in [5.41, 5.74) is 7.45. The van der Waals surface area contributed by atoms with E-state index in [4.69, 9.17) is 11.5 Å². The van der Waals surface area contributed by atoms with Crippen LogP contribution < -0.4 is 16.8 Å². The fraction of sp³-hybridized carbons (Fsp3) is 0.286. The first-order valence-corrected chi connectivity index (χ1v) is 4.86. The average molecular weight is 231 g/mol. The number of aliphatic hydroxyl groups excluding tert-OH is 2. The Bertz CT molecular complexity index is 414. The maximum Gasteiger partial charge on any atom is 0.241 e. The van der Waals surface area contributed by atoms with E-state index in [0.29, 0.717) is 0 Å². The molecule has 0 bridgehead atoms. The first-order valence-electron chi connectivity index (χ1n) is 3.98. The van der Waals surface area contributed by atoms with Gasteiger partial charge in [0.05, 0.1) is 10.6 Å². The molecule has 1 aliphatic heterocycles. The highest BCUT2D eigenvalue weighted by atomic mass is 32.2. The largest absolute Gasteiger partial charge is 0.505 e. The van der Waals surface area contributed by atoms with E-state index in [9.17, 15) is 20.1 Å². The predicted octanol–water partition coefficient (Wildman–Crippen LogP) is -1.67. The minimum absolute atomic E-state index is 0.00475. The number of carbonyl (C=O) groups is 1. The number of ketones is 1. The topological polar surface area (TPSA) is 142 Å². The summed E-state index contributed by atoms with van der Waals surface area (Å²) in [5.74, 6) is -2.53.